The number of hydrogen-bond acceptors (Lipinski definition) is 3. The summed E-state index contributed by atoms with van der Waals surface area (Å²) < 4.78 is 0. The van der Waals surface area contributed by atoms with Crippen LogP contribution in [0, 0.1) is 0 Å². The molecule has 5 heteroatoms. The molecule has 2 aromatic rings. The second kappa shape index (κ2) is 7.12. The van der Waals surface area contributed by atoms with Crippen LogP contribution in [0.25, 0.3) is 0 Å². The van der Waals surface area contributed by atoms with Crippen LogP contribution in [-0.4, -0.2) is 33.9 Å². The van der Waals surface area contributed by atoms with Gasteiger partial charge < -0.3 is 9.88 Å². The number of likely N-dealkylation sites (tertiary alicyclic amines) is 1. The summed E-state index contributed by atoms with van der Waals surface area (Å²) in [5, 5.41) is 0. The van der Waals surface area contributed by atoms with E-state index in [2.05, 4.69) is 24.0 Å². The molecule has 3 aliphatic rings. The molecule has 2 aliphatic carbocycles. The van der Waals surface area contributed by atoms with Crippen molar-refractivity contribution in [1.82, 2.24) is 14.9 Å². The molecule has 1 aliphatic heterocycles. The average molecular weight is 392 g/mol. The number of aryl methyl sites for hydroxylation is 1. The first-order chi connectivity index (χ1) is 14.1. The Balaban J connectivity index is 1.42. The second-order valence-corrected chi connectivity index (χ2v) is 9.11. The highest BCUT2D eigenvalue weighted by molar-refractivity contribution is 5.94. The number of piperidine rings is 1. The Kier molecular flexibility index (Phi) is 4.56. The van der Waals surface area contributed by atoms with E-state index in [9.17, 15) is 9.59 Å². The van der Waals surface area contributed by atoms with Gasteiger partial charge in [-0.15, -0.1) is 0 Å². The van der Waals surface area contributed by atoms with Gasteiger partial charge in [0.15, 0.2) is 0 Å². The summed E-state index contributed by atoms with van der Waals surface area (Å²) in [5.41, 5.74) is 3.77. The van der Waals surface area contributed by atoms with Crippen LogP contribution in [0.15, 0.2) is 29.1 Å². The van der Waals surface area contributed by atoms with Crippen molar-refractivity contribution >= 4 is 5.91 Å². The number of benzene rings is 1. The first-order valence-electron chi connectivity index (χ1n) is 11.1. The zero-order chi connectivity index (χ0) is 20.0. The summed E-state index contributed by atoms with van der Waals surface area (Å²) in [6.07, 6.45) is 8.06. The fourth-order valence-corrected chi connectivity index (χ4v) is 5.21. The average Bonchev–Trinajstić information content (AvgIpc) is 3.53. The molecule has 1 saturated carbocycles. The standard InChI is InChI=1S/C24H29N3O2/c1-2-4-16-5-7-18(8-6-16)23(29)27-14-3-12-24(15-27)13-11-19-20(24)25-21(17-9-10-17)26-22(19)28/h5-8,17H,2-4,9-15H2,1H3,(H,25,26,28). The van der Waals surface area contributed by atoms with Crippen LogP contribution in [0.2, 0.25) is 0 Å². The SMILES string of the molecule is CCCc1ccc(C(=O)N2CCCC3(CCc4c3nc(C3CC3)[nH]c4=O)C2)cc1. The van der Waals surface area contributed by atoms with Gasteiger partial charge >= 0.3 is 0 Å². The Labute approximate surface area is 171 Å². The molecule has 1 aromatic heterocycles. The van der Waals surface area contributed by atoms with Crippen LogP contribution in [0.4, 0.5) is 0 Å². The van der Waals surface area contributed by atoms with Crippen molar-refractivity contribution in [3.8, 4) is 0 Å². The van der Waals surface area contributed by atoms with Gasteiger partial charge in [-0.05, 0) is 62.6 Å². The lowest BCUT2D eigenvalue weighted by atomic mass is 9.77. The smallest absolute Gasteiger partial charge is 0.254 e. The maximum atomic E-state index is 13.2. The summed E-state index contributed by atoms with van der Waals surface area (Å²) >= 11 is 0. The number of H-pyrrole nitrogens is 1. The molecule has 1 unspecified atom stereocenters. The fraction of sp³-hybridized carbons (Fsp3) is 0.542. The van der Waals surface area contributed by atoms with E-state index in [0.717, 1.165) is 80.6 Å². The third-order valence-electron chi connectivity index (χ3n) is 6.96. The molecule has 1 saturated heterocycles. The van der Waals surface area contributed by atoms with E-state index in [1.54, 1.807) is 0 Å². The molecule has 2 fully saturated rings. The minimum absolute atomic E-state index is 0.0451. The van der Waals surface area contributed by atoms with E-state index in [4.69, 9.17) is 4.98 Å². The first kappa shape index (κ1) is 18.6. The van der Waals surface area contributed by atoms with E-state index >= 15 is 0 Å². The predicted octanol–water partition coefficient (Wildman–Crippen LogP) is 3.72. The molecule has 0 radical (unpaired) electrons. The Morgan fingerprint density at radius 1 is 1.24 bits per heavy atom. The zero-order valence-electron chi connectivity index (χ0n) is 17.2. The fourth-order valence-electron chi connectivity index (χ4n) is 5.21. The number of aromatic amines is 1. The molecule has 1 aromatic carbocycles. The molecular weight excluding hydrogens is 362 g/mol. The van der Waals surface area contributed by atoms with E-state index in [-0.39, 0.29) is 16.9 Å². The highest BCUT2D eigenvalue weighted by atomic mass is 16.2. The van der Waals surface area contributed by atoms with E-state index in [1.165, 1.54) is 5.56 Å². The third-order valence-corrected chi connectivity index (χ3v) is 6.96. The summed E-state index contributed by atoms with van der Waals surface area (Å²) in [6, 6.07) is 8.07. The van der Waals surface area contributed by atoms with E-state index in [0.29, 0.717) is 12.5 Å². The van der Waals surface area contributed by atoms with Crippen LogP contribution in [-0.2, 0) is 18.3 Å². The van der Waals surface area contributed by atoms with Crippen LogP contribution in [0.3, 0.4) is 0 Å². The molecule has 2 heterocycles. The van der Waals surface area contributed by atoms with Crippen molar-refractivity contribution in [3.05, 3.63) is 62.8 Å². The number of rotatable bonds is 4. The van der Waals surface area contributed by atoms with Crippen molar-refractivity contribution in [2.75, 3.05) is 13.1 Å². The van der Waals surface area contributed by atoms with Crippen molar-refractivity contribution in [3.63, 3.8) is 0 Å². The van der Waals surface area contributed by atoms with Gasteiger partial charge in [0.25, 0.3) is 11.5 Å². The summed E-state index contributed by atoms with van der Waals surface area (Å²) in [6.45, 7) is 3.63. The Morgan fingerprint density at radius 3 is 2.76 bits per heavy atom. The minimum Gasteiger partial charge on any atom is -0.338 e. The number of hydrogen-bond donors (Lipinski definition) is 1. The largest absolute Gasteiger partial charge is 0.338 e. The highest BCUT2D eigenvalue weighted by Crippen LogP contribution is 2.45. The van der Waals surface area contributed by atoms with Gasteiger partial charge in [-0.2, -0.15) is 0 Å². The predicted molar refractivity (Wildman–Crippen MR) is 112 cm³/mol. The number of carbonyl (C=O) groups excluding carboxylic acids is 1. The third kappa shape index (κ3) is 3.30. The van der Waals surface area contributed by atoms with Gasteiger partial charge in [-0.1, -0.05) is 25.5 Å². The molecular formula is C24H29N3O2. The molecule has 1 spiro atoms. The van der Waals surface area contributed by atoms with Crippen molar-refractivity contribution < 1.29 is 4.79 Å². The second-order valence-electron chi connectivity index (χ2n) is 9.11. The topological polar surface area (TPSA) is 66.1 Å². The van der Waals surface area contributed by atoms with E-state index in [1.807, 2.05) is 17.0 Å². The molecule has 152 valence electrons. The zero-order valence-corrected chi connectivity index (χ0v) is 17.2. The molecule has 5 nitrogen and oxygen atoms in total. The number of amides is 1. The number of carbonyl (C=O) groups is 1. The number of aromatic nitrogens is 2. The molecule has 5 rings (SSSR count). The molecule has 1 atom stereocenters. The summed E-state index contributed by atoms with van der Waals surface area (Å²) in [5.74, 6) is 1.39. The number of nitrogens with zero attached hydrogens (tertiary/aromatic N) is 2. The maximum absolute atomic E-state index is 13.2. The first-order valence-corrected chi connectivity index (χ1v) is 11.1. The molecule has 29 heavy (non-hydrogen) atoms. The Bertz CT molecular complexity index is 990. The van der Waals surface area contributed by atoms with Crippen LogP contribution < -0.4 is 5.56 Å². The Morgan fingerprint density at radius 2 is 2.03 bits per heavy atom. The minimum atomic E-state index is -0.150. The van der Waals surface area contributed by atoms with Gasteiger partial charge in [-0.3, -0.25) is 9.59 Å². The molecule has 1 amide bonds. The van der Waals surface area contributed by atoms with Crippen molar-refractivity contribution in [2.24, 2.45) is 0 Å². The lowest BCUT2D eigenvalue weighted by Crippen LogP contribution is -2.48. The highest BCUT2D eigenvalue weighted by Gasteiger charge is 2.46. The van der Waals surface area contributed by atoms with Crippen LogP contribution in [0.5, 0.6) is 0 Å². The van der Waals surface area contributed by atoms with Gasteiger partial charge in [0.2, 0.25) is 0 Å². The lowest BCUT2D eigenvalue weighted by Gasteiger charge is -2.40. The normalized spacial score (nSPS) is 23.4. The van der Waals surface area contributed by atoms with Gasteiger partial charge in [0.05, 0.1) is 5.69 Å². The Hall–Kier alpha value is -2.43. The summed E-state index contributed by atoms with van der Waals surface area (Å²) in [7, 11) is 0. The van der Waals surface area contributed by atoms with Crippen LogP contribution in [0.1, 0.15) is 84.4 Å². The van der Waals surface area contributed by atoms with E-state index < -0.39 is 0 Å². The van der Waals surface area contributed by atoms with Crippen molar-refractivity contribution in [1.29, 1.82) is 0 Å². The van der Waals surface area contributed by atoms with Crippen LogP contribution >= 0.6 is 0 Å². The summed E-state index contributed by atoms with van der Waals surface area (Å²) in [4.78, 5) is 35.8. The number of nitrogens with one attached hydrogen (secondary N) is 1. The number of fused-ring (bicyclic) bond motifs is 2. The van der Waals surface area contributed by atoms with Crippen molar-refractivity contribution in [2.45, 2.75) is 69.6 Å². The maximum Gasteiger partial charge on any atom is 0.254 e. The van der Waals surface area contributed by atoms with Gasteiger partial charge in [-0.25, -0.2) is 4.98 Å². The lowest BCUT2D eigenvalue weighted by molar-refractivity contribution is 0.0633. The quantitative estimate of drug-likeness (QED) is 0.864. The molecule has 1 N–H and O–H groups in total. The van der Waals surface area contributed by atoms with Gasteiger partial charge in [0, 0.05) is 35.5 Å². The monoisotopic (exact) mass is 391 g/mol. The molecule has 0 bridgehead atoms. The van der Waals surface area contributed by atoms with Gasteiger partial charge in [0.1, 0.15) is 5.82 Å².